The van der Waals surface area contributed by atoms with E-state index in [1.54, 1.807) is 0 Å². The van der Waals surface area contributed by atoms with E-state index in [1.165, 1.54) is 25.0 Å². The van der Waals surface area contributed by atoms with Gasteiger partial charge in [0.05, 0.1) is 5.25 Å². The molecule has 0 spiro atoms. The number of nitrogens with one attached hydrogen (secondary N) is 1. The van der Waals surface area contributed by atoms with Crippen LogP contribution in [0.15, 0.2) is 11.6 Å². The summed E-state index contributed by atoms with van der Waals surface area (Å²) in [4.78, 5) is 2.48. The first kappa shape index (κ1) is 16.0. The van der Waals surface area contributed by atoms with Crippen LogP contribution in [0.5, 0.6) is 0 Å². The van der Waals surface area contributed by atoms with Crippen LogP contribution in [-0.4, -0.2) is 44.7 Å². The highest BCUT2D eigenvalue weighted by Gasteiger charge is 2.35. The largest absolute Gasteiger partial charge is 0.299 e. The Bertz CT molecular complexity index is 437. The van der Waals surface area contributed by atoms with E-state index in [2.05, 4.69) is 29.5 Å². The fourth-order valence-corrected chi connectivity index (χ4v) is 4.16. The number of nitrogens with zero attached hydrogens (tertiary/aromatic N) is 1. The summed E-state index contributed by atoms with van der Waals surface area (Å²) in [5, 5.41) is -0.0944. The summed E-state index contributed by atoms with van der Waals surface area (Å²) in [6.45, 7) is 8.19. The first-order valence-corrected chi connectivity index (χ1v) is 9.36. The minimum Gasteiger partial charge on any atom is -0.299 e. The van der Waals surface area contributed by atoms with Gasteiger partial charge in [0.15, 0.2) is 0 Å². The van der Waals surface area contributed by atoms with Gasteiger partial charge in [-0.05, 0) is 58.4 Å². The van der Waals surface area contributed by atoms with Crippen molar-refractivity contribution in [2.45, 2.75) is 51.2 Å². The molecule has 5 heteroatoms. The number of hydrogen-bond donors (Lipinski definition) is 1. The molecule has 0 aromatic heterocycles. The lowest BCUT2D eigenvalue weighted by Gasteiger charge is -2.32. The molecule has 1 saturated carbocycles. The fourth-order valence-electron chi connectivity index (χ4n) is 2.77. The van der Waals surface area contributed by atoms with E-state index < -0.39 is 10.0 Å². The summed E-state index contributed by atoms with van der Waals surface area (Å²) >= 11 is 0. The Morgan fingerprint density at radius 2 is 2.05 bits per heavy atom. The Morgan fingerprint density at radius 3 is 2.70 bits per heavy atom. The van der Waals surface area contributed by atoms with Crippen LogP contribution in [-0.2, 0) is 10.0 Å². The Kier molecular flexibility index (Phi) is 5.64. The zero-order chi connectivity index (χ0) is 14.6. The van der Waals surface area contributed by atoms with Crippen molar-refractivity contribution in [1.82, 2.24) is 9.62 Å². The van der Waals surface area contributed by atoms with Crippen LogP contribution in [0.2, 0.25) is 0 Å². The van der Waals surface area contributed by atoms with Gasteiger partial charge >= 0.3 is 0 Å². The zero-order valence-electron chi connectivity index (χ0n) is 12.8. The SMILES string of the molecule is CC(C)=CCN1CCC[C@H](CCNS(=O)(=O)C2CC2)C1. The Balaban J connectivity index is 1.69. The topological polar surface area (TPSA) is 49.4 Å². The fraction of sp³-hybridized carbons (Fsp3) is 0.867. The molecular formula is C15H28N2O2S. The van der Waals surface area contributed by atoms with Crippen LogP contribution in [0.25, 0.3) is 0 Å². The molecule has 116 valence electrons. The zero-order valence-corrected chi connectivity index (χ0v) is 13.6. The molecule has 0 amide bonds. The second kappa shape index (κ2) is 7.05. The number of piperidine rings is 1. The molecule has 20 heavy (non-hydrogen) atoms. The van der Waals surface area contributed by atoms with E-state index in [4.69, 9.17) is 0 Å². The van der Waals surface area contributed by atoms with Gasteiger partial charge < -0.3 is 0 Å². The molecule has 0 aromatic rings. The molecular weight excluding hydrogens is 272 g/mol. The molecule has 1 saturated heterocycles. The Labute approximate surface area is 123 Å². The second-order valence-corrected chi connectivity index (χ2v) is 8.52. The number of rotatable bonds is 7. The molecule has 1 aliphatic carbocycles. The van der Waals surface area contributed by atoms with Crippen molar-refractivity contribution in [2.24, 2.45) is 5.92 Å². The van der Waals surface area contributed by atoms with Crippen LogP contribution >= 0.6 is 0 Å². The third kappa shape index (κ3) is 5.19. The molecule has 0 radical (unpaired) electrons. The van der Waals surface area contributed by atoms with E-state index in [0.29, 0.717) is 12.5 Å². The minimum absolute atomic E-state index is 0.0944. The van der Waals surface area contributed by atoms with Crippen molar-refractivity contribution >= 4 is 10.0 Å². The molecule has 2 fully saturated rings. The number of sulfonamides is 1. The summed E-state index contributed by atoms with van der Waals surface area (Å²) in [6, 6.07) is 0. The van der Waals surface area contributed by atoms with Gasteiger partial charge in [0.2, 0.25) is 10.0 Å². The van der Waals surface area contributed by atoms with E-state index in [9.17, 15) is 8.42 Å². The van der Waals surface area contributed by atoms with Crippen LogP contribution in [0.3, 0.4) is 0 Å². The molecule has 1 N–H and O–H groups in total. The normalized spacial score (nSPS) is 24.6. The third-order valence-corrected chi connectivity index (χ3v) is 6.14. The molecule has 1 aliphatic heterocycles. The van der Waals surface area contributed by atoms with Gasteiger partial charge in [-0.1, -0.05) is 11.6 Å². The Hall–Kier alpha value is -0.390. The lowest BCUT2D eigenvalue weighted by molar-refractivity contribution is 0.185. The average Bonchev–Trinajstić information content (AvgIpc) is 3.21. The number of allylic oxidation sites excluding steroid dienone is 1. The van der Waals surface area contributed by atoms with Gasteiger partial charge in [-0.15, -0.1) is 0 Å². The van der Waals surface area contributed by atoms with Crippen molar-refractivity contribution < 1.29 is 8.42 Å². The maximum absolute atomic E-state index is 11.7. The smallest absolute Gasteiger partial charge is 0.214 e. The lowest BCUT2D eigenvalue weighted by Crippen LogP contribution is -2.37. The van der Waals surface area contributed by atoms with Crippen molar-refractivity contribution in [3.63, 3.8) is 0 Å². The van der Waals surface area contributed by atoms with E-state index in [-0.39, 0.29) is 5.25 Å². The molecule has 2 rings (SSSR count). The van der Waals surface area contributed by atoms with Crippen LogP contribution in [0.1, 0.15) is 46.0 Å². The van der Waals surface area contributed by atoms with Crippen LogP contribution < -0.4 is 4.72 Å². The van der Waals surface area contributed by atoms with Gasteiger partial charge in [-0.3, -0.25) is 4.90 Å². The van der Waals surface area contributed by atoms with Gasteiger partial charge in [-0.25, -0.2) is 13.1 Å². The molecule has 1 heterocycles. The van der Waals surface area contributed by atoms with Crippen molar-refractivity contribution in [2.75, 3.05) is 26.2 Å². The molecule has 0 bridgehead atoms. The summed E-state index contributed by atoms with van der Waals surface area (Å²) in [7, 11) is -3.00. The van der Waals surface area contributed by atoms with Crippen molar-refractivity contribution in [3.05, 3.63) is 11.6 Å². The van der Waals surface area contributed by atoms with Crippen LogP contribution in [0, 0.1) is 5.92 Å². The summed E-state index contributed by atoms with van der Waals surface area (Å²) in [6.07, 6.45) is 7.40. The molecule has 0 aromatic carbocycles. The number of hydrogen-bond acceptors (Lipinski definition) is 3. The standard InChI is InChI=1S/C15H28N2O2S/c1-13(2)8-11-17-10-3-4-14(12-17)7-9-16-20(18,19)15-5-6-15/h8,14-16H,3-7,9-12H2,1-2H3/t14-/m1/s1. The molecule has 1 atom stereocenters. The van der Waals surface area contributed by atoms with Gasteiger partial charge in [0, 0.05) is 19.6 Å². The van der Waals surface area contributed by atoms with Crippen molar-refractivity contribution in [1.29, 1.82) is 0 Å². The van der Waals surface area contributed by atoms with Gasteiger partial charge in [0.25, 0.3) is 0 Å². The van der Waals surface area contributed by atoms with Gasteiger partial charge in [0.1, 0.15) is 0 Å². The predicted octanol–water partition coefficient (Wildman–Crippen LogP) is 2.14. The molecule has 0 unspecified atom stereocenters. The first-order valence-electron chi connectivity index (χ1n) is 7.81. The first-order chi connectivity index (χ1) is 9.47. The molecule has 2 aliphatic rings. The summed E-state index contributed by atoms with van der Waals surface area (Å²) in [5.74, 6) is 0.635. The third-order valence-electron chi connectivity index (χ3n) is 4.18. The predicted molar refractivity (Wildman–Crippen MR) is 83.2 cm³/mol. The van der Waals surface area contributed by atoms with E-state index >= 15 is 0 Å². The maximum Gasteiger partial charge on any atom is 0.214 e. The highest BCUT2D eigenvalue weighted by atomic mass is 32.2. The molecule has 4 nitrogen and oxygen atoms in total. The van der Waals surface area contributed by atoms with E-state index in [0.717, 1.165) is 32.4 Å². The average molecular weight is 300 g/mol. The summed E-state index contributed by atoms with van der Waals surface area (Å²) < 4.78 is 26.3. The summed E-state index contributed by atoms with van der Waals surface area (Å²) in [5.41, 5.74) is 1.37. The second-order valence-electron chi connectivity index (χ2n) is 6.48. The number of likely N-dealkylation sites (tertiary alicyclic amines) is 1. The van der Waals surface area contributed by atoms with Crippen LogP contribution in [0.4, 0.5) is 0 Å². The van der Waals surface area contributed by atoms with Crippen molar-refractivity contribution in [3.8, 4) is 0 Å². The Morgan fingerprint density at radius 1 is 1.30 bits per heavy atom. The quantitative estimate of drug-likeness (QED) is 0.733. The van der Waals surface area contributed by atoms with E-state index in [1.807, 2.05) is 0 Å². The minimum atomic E-state index is -3.00. The maximum atomic E-state index is 11.7. The highest BCUT2D eigenvalue weighted by molar-refractivity contribution is 7.90. The lowest BCUT2D eigenvalue weighted by atomic mass is 9.95. The monoisotopic (exact) mass is 300 g/mol. The highest BCUT2D eigenvalue weighted by Crippen LogP contribution is 2.27. The van der Waals surface area contributed by atoms with Gasteiger partial charge in [-0.2, -0.15) is 0 Å².